The van der Waals surface area contributed by atoms with Crippen molar-refractivity contribution in [3.05, 3.63) is 28.2 Å². The van der Waals surface area contributed by atoms with Crippen molar-refractivity contribution in [3.63, 3.8) is 0 Å². The van der Waals surface area contributed by atoms with Gasteiger partial charge >= 0.3 is 0 Å². The molecule has 1 aromatic rings. The van der Waals surface area contributed by atoms with E-state index >= 15 is 0 Å². The van der Waals surface area contributed by atoms with Crippen LogP contribution in [0.25, 0.3) is 0 Å². The highest BCUT2D eigenvalue weighted by atomic mass is 79.9. The Morgan fingerprint density at radius 1 is 1.43 bits per heavy atom. The summed E-state index contributed by atoms with van der Waals surface area (Å²) >= 11 is 3.43. The molecule has 1 aromatic carbocycles. The van der Waals surface area contributed by atoms with Crippen molar-refractivity contribution >= 4 is 15.9 Å². The van der Waals surface area contributed by atoms with Crippen molar-refractivity contribution in [2.45, 2.75) is 18.8 Å². The topological polar surface area (TPSA) is 32.3 Å². The minimum Gasteiger partial charge on any atom is -0.508 e. The summed E-state index contributed by atoms with van der Waals surface area (Å²) in [7, 11) is 0. The van der Waals surface area contributed by atoms with E-state index in [1.54, 1.807) is 6.07 Å². The van der Waals surface area contributed by atoms with E-state index in [4.69, 9.17) is 0 Å². The van der Waals surface area contributed by atoms with Gasteiger partial charge in [0.05, 0.1) is 0 Å². The number of aromatic hydroxyl groups is 1. The summed E-state index contributed by atoms with van der Waals surface area (Å²) in [6.07, 6.45) is 2.35. The number of phenolic OH excluding ortho intramolecular Hbond substituents is 1. The molecule has 1 atom stereocenters. The lowest BCUT2D eigenvalue weighted by Crippen LogP contribution is -2.28. The Balaban J connectivity index is 2.24. The predicted octanol–water partition coefficient (Wildman–Crippen LogP) is 2.62. The molecule has 1 aliphatic heterocycles. The molecule has 0 bridgehead atoms. The van der Waals surface area contributed by atoms with Crippen LogP contribution in [-0.2, 0) is 0 Å². The lowest BCUT2D eigenvalue weighted by atomic mass is 9.91. The van der Waals surface area contributed by atoms with Gasteiger partial charge in [-0.1, -0.05) is 15.9 Å². The third-order valence-electron chi connectivity index (χ3n) is 2.73. The number of piperidine rings is 1. The van der Waals surface area contributed by atoms with E-state index in [0.717, 1.165) is 29.5 Å². The summed E-state index contributed by atoms with van der Waals surface area (Å²) in [5, 5.41) is 13.1. The molecule has 2 N–H and O–H groups in total. The highest BCUT2D eigenvalue weighted by Crippen LogP contribution is 2.32. The first-order valence-electron chi connectivity index (χ1n) is 4.96. The summed E-state index contributed by atoms with van der Waals surface area (Å²) < 4.78 is 1.04. The summed E-state index contributed by atoms with van der Waals surface area (Å²) in [6, 6.07) is 5.65. The molecule has 2 rings (SSSR count). The van der Waals surface area contributed by atoms with Crippen LogP contribution < -0.4 is 5.32 Å². The second-order valence-corrected chi connectivity index (χ2v) is 4.66. The first-order chi connectivity index (χ1) is 6.77. The Bertz CT molecular complexity index is 321. The van der Waals surface area contributed by atoms with Crippen LogP contribution in [0.3, 0.4) is 0 Å². The van der Waals surface area contributed by atoms with Crippen molar-refractivity contribution in [2.24, 2.45) is 0 Å². The van der Waals surface area contributed by atoms with E-state index in [1.807, 2.05) is 12.1 Å². The zero-order chi connectivity index (χ0) is 9.97. The fourth-order valence-corrected chi connectivity index (χ4v) is 2.35. The van der Waals surface area contributed by atoms with E-state index < -0.39 is 0 Å². The zero-order valence-electron chi connectivity index (χ0n) is 7.96. The Morgan fingerprint density at radius 2 is 2.29 bits per heavy atom. The van der Waals surface area contributed by atoms with Crippen LogP contribution in [-0.4, -0.2) is 18.2 Å². The fraction of sp³-hybridized carbons (Fsp3) is 0.455. The molecule has 0 saturated carbocycles. The number of hydrogen-bond acceptors (Lipinski definition) is 2. The molecule has 14 heavy (non-hydrogen) atoms. The molecule has 3 heteroatoms. The van der Waals surface area contributed by atoms with Gasteiger partial charge in [-0.15, -0.1) is 0 Å². The van der Waals surface area contributed by atoms with Gasteiger partial charge in [-0.3, -0.25) is 0 Å². The van der Waals surface area contributed by atoms with Crippen molar-refractivity contribution in [2.75, 3.05) is 13.1 Å². The smallest absolute Gasteiger partial charge is 0.119 e. The van der Waals surface area contributed by atoms with Gasteiger partial charge in [-0.25, -0.2) is 0 Å². The average Bonchev–Trinajstić information content (AvgIpc) is 2.23. The number of benzene rings is 1. The lowest BCUT2D eigenvalue weighted by molar-refractivity contribution is 0.425. The van der Waals surface area contributed by atoms with Crippen LogP contribution in [0, 0.1) is 0 Å². The molecule has 0 radical (unpaired) electrons. The molecule has 1 aliphatic rings. The maximum atomic E-state index is 9.74. The third kappa shape index (κ3) is 2.10. The Hall–Kier alpha value is -0.540. The second kappa shape index (κ2) is 4.32. The molecular formula is C11H14BrNO. The Morgan fingerprint density at radius 3 is 3.00 bits per heavy atom. The van der Waals surface area contributed by atoms with Crippen LogP contribution in [0.2, 0.25) is 0 Å². The summed E-state index contributed by atoms with van der Waals surface area (Å²) in [5.41, 5.74) is 1.06. The van der Waals surface area contributed by atoms with Gasteiger partial charge in [0.1, 0.15) is 5.75 Å². The molecule has 0 spiro atoms. The van der Waals surface area contributed by atoms with Gasteiger partial charge in [0, 0.05) is 16.9 Å². The van der Waals surface area contributed by atoms with E-state index in [9.17, 15) is 5.11 Å². The first kappa shape index (κ1) is 9.99. The summed E-state index contributed by atoms with van der Waals surface area (Å²) in [5.74, 6) is 0.878. The van der Waals surface area contributed by atoms with Gasteiger partial charge in [0.25, 0.3) is 0 Å². The monoisotopic (exact) mass is 255 g/mol. The van der Waals surface area contributed by atoms with Crippen molar-refractivity contribution < 1.29 is 5.11 Å². The Labute approximate surface area is 92.5 Å². The van der Waals surface area contributed by atoms with E-state index in [1.165, 1.54) is 6.42 Å². The van der Waals surface area contributed by atoms with Crippen molar-refractivity contribution in [1.29, 1.82) is 0 Å². The fourth-order valence-electron chi connectivity index (χ4n) is 1.97. The standard InChI is InChI=1S/C11H14BrNO/c12-9-3-4-11(14)10(6-9)8-2-1-5-13-7-8/h3-4,6,8,13-14H,1-2,5,7H2/t8-/m0/s1. The van der Waals surface area contributed by atoms with Crippen molar-refractivity contribution in [3.8, 4) is 5.75 Å². The molecule has 0 aliphatic carbocycles. The molecule has 1 fully saturated rings. The van der Waals surface area contributed by atoms with E-state index in [2.05, 4.69) is 21.2 Å². The quantitative estimate of drug-likeness (QED) is 0.809. The third-order valence-corrected chi connectivity index (χ3v) is 3.22. The number of nitrogens with one attached hydrogen (secondary N) is 1. The lowest BCUT2D eigenvalue weighted by Gasteiger charge is -2.23. The Kier molecular flexibility index (Phi) is 3.08. The minimum atomic E-state index is 0.418. The van der Waals surface area contributed by atoms with Gasteiger partial charge < -0.3 is 10.4 Å². The van der Waals surface area contributed by atoms with Gasteiger partial charge in [-0.05, 0) is 43.1 Å². The zero-order valence-corrected chi connectivity index (χ0v) is 9.55. The summed E-state index contributed by atoms with van der Waals surface area (Å²) in [6.45, 7) is 2.08. The molecule has 0 unspecified atom stereocenters. The first-order valence-corrected chi connectivity index (χ1v) is 5.76. The average molecular weight is 256 g/mol. The maximum absolute atomic E-state index is 9.74. The van der Waals surface area contributed by atoms with Crippen molar-refractivity contribution in [1.82, 2.24) is 5.32 Å². The van der Waals surface area contributed by atoms with E-state index in [0.29, 0.717) is 11.7 Å². The van der Waals surface area contributed by atoms with Crippen LogP contribution in [0.1, 0.15) is 24.3 Å². The normalized spacial score (nSPS) is 22.2. The van der Waals surface area contributed by atoms with Crippen LogP contribution >= 0.6 is 15.9 Å². The highest BCUT2D eigenvalue weighted by molar-refractivity contribution is 9.10. The molecule has 2 nitrogen and oxygen atoms in total. The van der Waals surface area contributed by atoms with Crippen LogP contribution in [0.15, 0.2) is 22.7 Å². The number of phenols is 1. The molecule has 0 aromatic heterocycles. The molecule has 1 saturated heterocycles. The number of hydrogen-bond donors (Lipinski definition) is 2. The maximum Gasteiger partial charge on any atom is 0.119 e. The predicted molar refractivity (Wildman–Crippen MR) is 60.7 cm³/mol. The largest absolute Gasteiger partial charge is 0.508 e. The SMILES string of the molecule is Oc1ccc(Br)cc1[C@H]1CCCNC1. The second-order valence-electron chi connectivity index (χ2n) is 3.75. The van der Waals surface area contributed by atoms with Gasteiger partial charge in [-0.2, -0.15) is 0 Å². The molecule has 0 amide bonds. The van der Waals surface area contributed by atoms with Gasteiger partial charge in [0.2, 0.25) is 0 Å². The summed E-state index contributed by atoms with van der Waals surface area (Å²) in [4.78, 5) is 0. The van der Waals surface area contributed by atoms with Gasteiger partial charge in [0.15, 0.2) is 0 Å². The number of halogens is 1. The highest BCUT2D eigenvalue weighted by Gasteiger charge is 2.18. The van der Waals surface area contributed by atoms with E-state index in [-0.39, 0.29) is 0 Å². The number of rotatable bonds is 1. The van der Waals surface area contributed by atoms with Crippen LogP contribution in [0.5, 0.6) is 5.75 Å². The van der Waals surface area contributed by atoms with Crippen LogP contribution in [0.4, 0.5) is 0 Å². The minimum absolute atomic E-state index is 0.418. The molecular weight excluding hydrogens is 242 g/mol. The molecule has 76 valence electrons. The molecule has 1 heterocycles.